The highest BCUT2D eigenvalue weighted by Gasteiger charge is 2.19. The molecule has 27 heavy (non-hydrogen) atoms. The van der Waals surface area contributed by atoms with Crippen LogP contribution < -0.4 is 14.2 Å². The molecule has 146 valence electrons. The molecule has 0 heterocycles. The Balaban J connectivity index is 2.31. The van der Waals surface area contributed by atoms with Gasteiger partial charge in [-0.15, -0.1) is 0 Å². The molecular weight excluding hydrogens is 368 g/mol. The lowest BCUT2D eigenvalue weighted by atomic mass is 10.2. The molecule has 2 aromatic carbocycles. The molecule has 2 aromatic rings. The fourth-order valence-corrected chi connectivity index (χ4v) is 3.67. The lowest BCUT2D eigenvalue weighted by Gasteiger charge is -2.19. The third kappa shape index (κ3) is 4.71. The normalized spacial score (nSPS) is 11.0. The van der Waals surface area contributed by atoms with Gasteiger partial charge in [-0.05, 0) is 44.2 Å². The average Bonchev–Trinajstić information content (AvgIpc) is 2.68. The second kappa shape index (κ2) is 8.77. The Morgan fingerprint density at radius 2 is 1.67 bits per heavy atom. The zero-order valence-electron chi connectivity index (χ0n) is 15.9. The second-order valence-corrected chi connectivity index (χ2v) is 7.36. The Bertz CT molecular complexity index is 908. The Labute approximate surface area is 160 Å². The van der Waals surface area contributed by atoms with Crippen molar-refractivity contribution in [3.63, 3.8) is 0 Å². The number of hydrogen-bond acceptors (Lipinski definition) is 5. The number of nitrogens with one attached hydrogen (secondary N) is 1. The van der Waals surface area contributed by atoms with E-state index in [9.17, 15) is 13.2 Å². The topological polar surface area (TPSA) is 84.9 Å². The van der Waals surface area contributed by atoms with Gasteiger partial charge in [-0.25, -0.2) is 8.42 Å². The molecule has 0 atom stereocenters. The maximum absolute atomic E-state index is 12.7. The average molecular weight is 392 g/mol. The van der Waals surface area contributed by atoms with Crippen LogP contribution in [0.15, 0.2) is 47.4 Å². The van der Waals surface area contributed by atoms with Crippen molar-refractivity contribution in [2.45, 2.75) is 18.7 Å². The van der Waals surface area contributed by atoms with E-state index in [1.807, 2.05) is 13.8 Å². The van der Waals surface area contributed by atoms with Gasteiger partial charge < -0.3 is 14.4 Å². The van der Waals surface area contributed by atoms with Gasteiger partial charge >= 0.3 is 0 Å². The predicted octanol–water partition coefficient (Wildman–Crippen LogP) is 2.99. The first-order chi connectivity index (χ1) is 12.9. The first-order valence-electron chi connectivity index (χ1n) is 8.50. The summed E-state index contributed by atoms with van der Waals surface area (Å²) in [6.07, 6.45) is 0. The van der Waals surface area contributed by atoms with Crippen molar-refractivity contribution < 1.29 is 22.7 Å². The highest BCUT2D eigenvalue weighted by atomic mass is 32.2. The molecule has 1 amide bonds. The van der Waals surface area contributed by atoms with Crippen LogP contribution in [0.2, 0.25) is 0 Å². The summed E-state index contributed by atoms with van der Waals surface area (Å²) in [6, 6.07) is 10.8. The number of rotatable bonds is 8. The molecule has 0 aliphatic heterocycles. The zero-order chi connectivity index (χ0) is 20.0. The van der Waals surface area contributed by atoms with Crippen LogP contribution in [0.25, 0.3) is 0 Å². The Kier molecular flexibility index (Phi) is 6.68. The van der Waals surface area contributed by atoms with Crippen molar-refractivity contribution in [3.8, 4) is 11.5 Å². The van der Waals surface area contributed by atoms with Crippen molar-refractivity contribution in [2.75, 3.05) is 32.0 Å². The fraction of sp³-hybridized carbons (Fsp3) is 0.316. The van der Waals surface area contributed by atoms with Crippen molar-refractivity contribution in [1.29, 1.82) is 0 Å². The molecule has 0 saturated heterocycles. The summed E-state index contributed by atoms with van der Waals surface area (Å²) in [4.78, 5) is 14.2. The van der Waals surface area contributed by atoms with E-state index in [4.69, 9.17) is 9.47 Å². The molecule has 0 fully saturated rings. The smallest absolute Gasteiger partial charge is 0.262 e. The van der Waals surface area contributed by atoms with Crippen LogP contribution in [0.4, 0.5) is 5.69 Å². The Morgan fingerprint density at radius 3 is 2.26 bits per heavy atom. The van der Waals surface area contributed by atoms with Gasteiger partial charge in [0.2, 0.25) is 0 Å². The minimum Gasteiger partial charge on any atom is -0.493 e. The van der Waals surface area contributed by atoms with Crippen LogP contribution in [0, 0.1) is 0 Å². The minimum atomic E-state index is -3.86. The number of hydrogen-bond donors (Lipinski definition) is 1. The molecule has 7 nitrogen and oxygen atoms in total. The molecule has 0 spiro atoms. The third-order valence-electron chi connectivity index (χ3n) is 4.08. The van der Waals surface area contributed by atoms with Crippen LogP contribution >= 0.6 is 0 Å². The summed E-state index contributed by atoms with van der Waals surface area (Å²) in [7, 11) is -0.946. The molecule has 0 aliphatic carbocycles. The number of sulfonamides is 1. The van der Waals surface area contributed by atoms with Crippen molar-refractivity contribution in [3.05, 3.63) is 48.0 Å². The zero-order valence-corrected chi connectivity index (χ0v) is 16.7. The van der Waals surface area contributed by atoms with Crippen molar-refractivity contribution in [2.24, 2.45) is 0 Å². The first-order valence-corrected chi connectivity index (χ1v) is 9.98. The van der Waals surface area contributed by atoms with Crippen LogP contribution in [0.1, 0.15) is 24.2 Å². The number of amides is 1. The standard InChI is InChI=1S/C19H24N2O5S/c1-5-21(6-2)19(22)14-8-7-9-15(12-14)20-27(23,24)16-10-11-17(25-3)18(13-16)26-4/h7-13,20H,5-6H2,1-4H3. The van der Waals surface area contributed by atoms with Gasteiger partial charge in [0.1, 0.15) is 0 Å². The third-order valence-corrected chi connectivity index (χ3v) is 5.46. The maximum atomic E-state index is 12.7. The number of benzene rings is 2. The molecule has 8 heteroatoms. The first kappa shape index (κ1) is 20.6. The van der Waals surface area contributed by atoms with Gasteiger partial charge in [-0.3, -0.25) is 9.52 Å². The molecule has 1 N–H and O–H groups in total. The second-order valence-electron chi connectivity index (χ2n) is 5.68. The van der Waals surface area contributed by atoms with E-state index < -0.39 is 10.0 Å². The minimum absolute atomic E-state index is 0.0284. The van der Waals surface area contributed by atoms with Gasteiger partial charge in [0.05, 0.1) is 19.1 Å². The van der Waals surface area contributed by atoms with Gasteiger partial charge in [-0.1, -0.05) is 6.07 Å². The fourth-order valence-electron chi connectivity index (χ4n) is 2.61. The van der Waals surface area contributed by atoms with Crippen LogP contribution in [-0.2, 0) is 10.0 Å². The van der Waals surface area contributed by atoms with E-state index in [1.165, 1.54) is 38.5 Å². The molecule has 2 rings (SSSR count). The summed E-state index contributed by atoms with van der Waals surface area (Å²) >= 11 is 0. The molecule has 0 aliphatic rings. The highest BCUT2D eigenvalue weighted by Crippen LogP contribution is 2.30. The summed E-state index contributed by atoms with van der Waals surface area (Å²) in [6.45, 7) is 4.95. The monoisotopic (exact) mass is 392 g/mol. The van der Waals surface area contributed by atoms with E-state index in [0.717, 1.165) is 0 Å². The van der Waals surface area contributed by atoms with Gasteiger partial charge in [0, 0.05) is 30.4 Å². The molecule has 0 bridgehead atoms. The van der Waals surface area contributed by atoms with Crippen LogP contribution in [-0.4, -0.2) is 46.5 Å². The van der Waals surface area contributed by atoms with Crippen molar-refractivity contribution in [1.82, 2.24) is 4.90 Å². The van der Waals surface area contributed by atoms with E-state index in [2.05, 4.69) is 4.72 Å². The molecule has 0 radical (unpaired) electrons. The van der Waals surface area contributed by atoms with E-state index in [1.54, 1.807) is 23.1 Å². The molecule has 0 saturated carbocycles. The highest BCUT2D eigenvalue weighted by molar-refractivity contribution is 7.92. The van der Waals surface area contributed by atoms with E-state index >= 15 is 0 Å². The van der Waals surface area contributed by atoms with Gasteiger partial charge in [0.15, 0.2) is 11.5 Å². The summed E-state index contributed by atoms with van der Waals surface area (Å²) in [5.74, 6) is 0.598. The number of methoxy groups -OCH3 is 2. The van der Waals surface area contributed by atoms with Gasteiger partial charge in [0.25, 0.3) is 15.9 Å². The van der Waals surface area contributed by atoms with E-state index in [0.29, 0.717) is 35.8 Å². The summed E-state index contributed by atoms with van der Waals surface area (Å²) < 4.78 is 38.2. The Morgan fingerprint density at radius 1 is 1.00 bits per heavy atom. The molecule has 0 aromatic heterocycles. The summed E-state index contributed by atoms with van der Waals surface area (Å²) in [5, 5.41) is 0. The number of nitrogens with zero attached hydrogens (tertiary/aromatic N) is 1. The number of carbonyl (C=O) groups is 1. The quantitative estimate of drug-likeness (QED) is 0.746. The van der Waals surface area contributed by atoms with Crippen LogP contribution in [0.5, 0.6) is 11.5 Å². The SMILES string of the molecule is CCN(CC)C(=O)c1cccc(NS(=O)(=O)c2ccc(OC)c(OC)c2)c1. The van der Waals surface area contributed by atoms with E-state index in [-0.39, 0.29) is 10.8 Å². The van der Waals surface area contributed by atoms with Crippen molar-refractivity contribution >= 4 is 21.6 Å². The lowest BCUT2D eigenvalue weighted by molar-refractivity contribution is 0.0773. The van der Waals surface area contributed by atoms with Gasteiger partial charge in [-0.2, -0.15) is 0 Å². The lowest BCUT2D eigenvalue weighted by Crippen LogP contribution is -2.30. The largest absolute Gasteiger partial charge is 0.493 e. The summed E-state index contributed by atoms with van der Waals surface area (Å²) in [5.41, 5.74) is 0.731. The number of ether oxygens (including phenoxy) is 2. The number of anilines is 1. The number of carbonyl (C=O) groups excluding carboxylic acids is 1. The molecular formula is C19H24N2O5S. The molecule has 0 unspecified atom stereocenters. The maximum Gasteiger partial charge on any atom is 0.262 e. The Hall–Kier alpha value is -2.74. The van der Waals surface area contributed by atoms with Crippen LogP contribution in [0.3, 0.4) is 0 Å². The predicted molar refractivity (Wildman–Crippen MR) is 104 cm³/mol.